The van der Waals surface area contributed by atoms with Crippen molar-refractivity contribution in [2.75, 3.05) is 0 Å². The van der Waals surface area contributed by atoms with Crippen LogP contribution in [0.2, 0.25) is 0 Å². The topological polar surface area (TPSA) is 43.1 Å². The highest BCUT2D eigenvalue weighted by atomic mass is 16.1. The van der Waals surface area contributed by atoms with E-state index >= 15 is 0 Å². The molecule has 1 aliphatic rings. The fourth-order valence-corrected chi connectivity index (χ4v) is 2.16. The van der Waals surface area contributed by atoms with Gasteiger partial charge in [0.15, 0.2) is 5.78 Å². The van der Waals surface area contributed by atoms with Gasteiger partial charge in [0, 0.05) is 5.56 Å². The molecule has 0 heterocycles. The van der Waals surface area contributed by atoms with Gasteiger partial charge in [0.05, 0.1) is 5.54 Å². The fraction of sp³-hybridized carbons (Fsp3) is 0.500. The van der Waals surface area contributed by atoms with Crippen LogP contribution < -0.4 is 5.73 Å². The SMILES string of the molecule is Cc1cccc(C(=O)C(C)(N)C2CC2)c1C. The first-order valence-corrected chi connectivity index (χ1v) is 5.84. The third-order valence-corrected chi connectivity index (χ3v) is 3.76. The van der Waals surface area contributed by atoms with Gasteiger partial charge in [-0.25, -0.2) is 0 Å². The quantitative estimate of drug-likeness (QED) is 0.791. The third kappa shape index (κ3) is 1.78. The van der Waals surface area contributed by atoms with Gasteiger partial charge in [-0.05, 0) is 50.7 Å². The van der Waals surface area contributed by atoms with Crippen LogP contribution in [0.3, 0.4) is 0 Å². The molecule has 1 unspecified atom stereocenters. The van der Waals surface area contributed by atoms with E-state index in [9.17, 15) is 4.79 Å². The molecule has 0 radical (unpaired) electrons. The van der Waals surface area contributed by atoms with Crippen molar-refractivity contribution in [2.24, 2.45) is 11.7 Å². The lowest BCUT2D eigenvalue weighted by molar-refractivity contribution is 0.0882. The van der Waals surface area contributed by atoms with Crippen LogP contribution in [-0.4, -0.2) is 11.3 Å². The Balaban J connectivity index is 2.37. The maximum Gasteiger partial charge on any atom is 0.182 e. The predicted octanol–water partition coefficient (Wildman–Crippen LogP) is 2.61. The molecule has 1 aromatic rings. The summed E-state index contributed by atoms with van der Waals surface area (Å²) in [6, 6.07) is 5.84. The Morgan fingerprint density at radius 3 is 2.56 bits per heavy atom. The van der Waals surface area contributed by atoms with Crippen LogP contribution in [0, 0.1) is 19.8 Å². The van der Waals surface area contributed by atoms with Gasteiger partial charge in [-0.1, -0.05) is 18.2 Å². The summed E-state index contributed by atoms with van der Waals surface area (Å²) in [4.78, 5) is 12.4. The Morgan fingerprint density at radius 1 is 1.38 bits per heavy atom. The van der Waals surface area contributed by atoms with Crippen LogP contribution in [0.25, 0.3) is 0 Å². The number of carbonyl (C=O) groups excluding carboxylic acids is 1. The number of aryl methyl sites for hydroxylation is 1. The van der Waals surface area contributed by atoms with Gasteiger partial charge < -0.3 is 5.73 Å². The zero-order chi connectivity index (χ0) is 11.9. The predicted molar refractivity (Wildman–Crippen MR) is 65.6 cm³/mol. The summed E-state index contributed by atoms with van der Waals surface area (Å²) in [6.45, 7) is 5.89. The van der Waals surface area contributed by atoms with Crippen molar-refractivity contribution >= 4 is 5.78 Å². The number of nitrogens with two attached hydrogens (primary N) is 1. The Hall–Kier alpha value is -1.15. The lowest BCUT2D eigenvalue weighted by atomic mass is 9.85. The van der Waals surface area contributed by atoms with Crippen molar-refractivity contribution in [3.8, 4) is 0 Å². The molecule has 86 valence electrons. The van der Waals surface area contributed by atoms with Crippen molar-refractivity contribution in [1.29, 1.82) is 0 Å². The Labute approximate surface area is 96.8 Å². The molecule has 1 aliphatic carbocycles. The van der Waals surface area contributed by atoms with Gasteiger partial charge in [-0.3, -0.25) is 4.79 Å². The number of benzene rings is 1. The summed E-state index contributed by atoms with van der Waals surface area (Å²) in [6.07, 6.45) is 2.17. The first-order valence-electron chi connectivity index (χ1n) is 5.84. The van der Waals surface area contributed by atoms with Crippen LogP contribution in [-0.2, 0) is 0 Å². The molecular weight excluding hydrogens is 198 g/mol. The van der Waals surface area contributed by atoms with Crippen molar-refractivity contribution in [3.05, 3.63) is 34.9 Å². The molecule has 2 heteroatoms. The first kappa shape index (κ1) is 11.3. The van der Waals surface area contributed by atoms with Crippen LogP contribution in [0.5, 0.6) is 0 Å². The number of rotatable bonds is 3. The summed E-state index contributed by atoms with van der Waals surface area (Å²) in [5.74, 6) is 0.469. The van der Waals surface area contributed by atoms with E-state index in [2.05, 4.69) is 0 Å². The van der Waals surface area contributed by atoms with Crippen LogP contribution in [0.15, 0.2) is 18.2 Å². The fourth-order valence-electron chi connectivity index (χ4n) is 2.16. The molecule has 0 bridgehead atoms. The van der Waals surface area contributed by atoms with Crippen molar-refractivity contribution < 1.29 is 4.79 Å². The Bertz CT molecular complexity index is 430. The molecule has 2 rings (SSSR count). The highest BCUT2D eigenvalue weighted by Gasteiger charge is 2.44. The minimum absolute atomic E-state index is 0.0937. The average Bonchev–Trinajstić information content (AvgIpc) is 3.04. The number of Topliss-reactive ketones (excluding diaryl/α,β-unsaturated/α-hetero) is 1. The first-order chi connectivity index (χ1) is 7.44. The molecular formula is C14H19NO. The Kier molecular flexibility index (Phi) is 2.62. The van der Waals surface area contributed by atoms with Gasteiger partial charge in [-0.15, -0.1) is 0 Å². The van der Waals surface area contributed by atoms with Gasteiger partial charge in [-0.2, -0.15) is 0 Å². The summed E-state index contributed by atoms with van der Waals surface area (Å²) in [5, 5.41) is 0. The van der Waals surface area contributed by atoms with E-state index in [0.717, 1.165) is 29.5 Å². The average molecular weight is 217 g/mol. The largest absolute Gasteiger partial charge is 0.319 e. The minimum Gasteiger partial charge on any atom is -0.319 e. The summed E-state index contributed by atoms with van der Waals surface area (Å²) in [5.41, 5.74) is 8.48. The molecule has 0 amide bonds. The number of ketones is 1. The number of hydrogen-bond donors (Lipinski definition) is 1. The third-order valence-electron chi connectivity index (χ3n) is 3.76. The molecule has 1 saturated carbocycles. The molecule has 1 atom stereocenters. The van der Waals surface area contributed by atoms with E-state index in [1.165, 1.54) is 0 Å². The molecule has 0 aliphatic heterocycles. The lowest BCUT2D eigenvalue weighted by Crippen LogP contribution is -2.47. The summed E-state index contributed by atoms with van der Waals surface area (Å²) < 4.78 is 0. The zero-order valence-electron chi connectivity index (χ0n) is 10.2. The lowest BCUT2D eigenvalue weighted by Gasteiger charge is -2.24. The second-order valence-corrected chi connectivity index (χ2v) is 5.13. The molecule has 2 nitrogen and oxygen atoms in total. The van der Waals surface area contributed by atoms with Gasteiger partial charge >= 0.3 is 0 Å². The summed E-state index contributed by atoms with van der Waals surface area (Å²) >= 11 is 0. The van der Waals surface area contributed by atoms with Crippen molar-refractivity contribution in [2.45, 2.75) is 39.2 Å². The zero-order valence-corrected chi connectivity index (χ0v) is 10.2. The smallest absolute Gasteiger partial charge is 0.182 e. The maximum atomic E-state index is 12.4. The molecule has 0 aromatic heterocycles. The highest BCUT2D eigenvalue weighted by molar-refractivity contribution is 6.04. The number of carbonyl (C=O) groups is 1. The number of hydrogen-bond acceptors (Lipinski definition) is 2. The molecule has 0 spiro atoms. The Morgan fingerprint density at radius 2 is 2.00 bits per heavy atom. The second-order valence-electron chi connectivity index (χ2n) is 5.13. The molecule has 2 N–H and O–H groups in total. The highest BCUT2D eigenvalue weighted by Crippen LogP contribution is 2.40. The van der Waals surface area contributed by atoms with Gasteiger partial charge in [0.25, 0.3) is 0 Å². The minimum atomic E-state index is -0.682. The van der Waals surface area contributed by atoms with E-state index in [1.54, 1.807) is 0 Å². The monoisotopic (exact) mass is 217 g/mol. The normalized spacial score (nSPS) is 19.2. The van der Waals surface area contributed by atoms with E-state index in [1.807, 2.05) is 39.0 Å². The van der Waals surface area contributed by atoms with Crippen molar-refractivity contribution in [1.82, 2.24) is 0 Å². The van der Waals surface area contributed by atoms with Gasteiger partial charge in [0.2, 0.25) is 0 Å². The summed E-state index contributed by atoms with van der Waals surface area (Å²) in [7, 11) is 0. The van der Waals surface area contributed by atoms with E-state index < -0.39 is 5.54 Å². The van der Waals surface area contributed by atoms with E-state index in [-0.39, 0.29) is 5.78 Å². The second kappa shape index (κ2) is 3.70. The van der Waals surface area contributed by atoms with Crippen LogP contribution in [0.1, 0.15) is 41.3 Å². The molecule has 1 fully saturated rings. The standard InChI is InChI=1S/C14H19NO/c1-9-5-4-6-12(10(9)2)13(16)14(3,15)11-7-8-11/h4-6,11H,7-8,15H2,1-3H3. The molecule has 1 aromatic carbocycles. The van der Waals surface area contributed by atoms with Crippen molar-refractivity contribution in [3.63, 3.8) is 0 Å². The van der Waals surface area contributed by atoms with Crippen LogP contribution in [0.4, 0.5) is 0 Å². The van der Waals surface area contributed by atoms with Crippen LogP contribution >= 0.6 is 0 Å². The molecule has 16 heavy (non-hydrogen) atoms. The molecule has 0 saturated heterocycles. The van der Waals surface area contributed by atoms with Gasteiger partial charge in [0.1, 0.15) is 0 Å². The maximum absolute atomic E-state index is 12.4. The van der Waals surface area contributed by atoms with E-state index in [4.69, 9.17) is 5.73 Å². The van der Waals surface area contributed by atoms with E-state index in [0.29, 0.717) is 5.92 Å².